The van der Waals surface area contributed by atoms with Gasteiger partial charge >= 0.3 is 0 Å². The van der Waals surface area contributed by atoms with Gasteiger partial charge in [-0.25, -0.2) is 0 Å². The lowest BCUT2D eigenvalue weighted by atomic mass is 10.2. The molecule has 0 spiro atoms. The van der Waals surface area contributed by atoms with Crippen molar-refractivity contribution < 1.29 is 0 Å². The van der Waals surface area contributed by atoms with Crippen LogP contribution in [0.15, 0.2) is 23.1 Å². The summed E-state index contributed by atoms with van der Waals surface area (Å²) < 4.78 is 0. The normalized spacial score (nSPS) is 8.70. The standard InChI is InChI=1S/C8H10S.Al/c1-6-3-4-8(9)7(2)5-6;/h3-5,9H,1-2H3;. The van der Waals surface area contributed by atoms with Crippen molar-refractivity contribution in [3.63, 3.8) is 0 Å². The number of hydrogen-bond donors (Lipinski definition) is 1. The van der Waals surface area contributed by atoms with Gasteiger partial charge in [-0.2, -0.15) is 0 Å². The zero-order valence-electron chi connectivity index (χ0n) is 6.26. The van der Waals surface area contributed by atoms with E-state index in [4.69, 9.17) is 0 Å². The molecule has 10 heavy (non-hydrogen) atoms. The minimum atomic E-state index is 0. The Morgan fingerprint density at radius 3 is 2.20 bits per heavy atom. The molecule has 0 aliphatic rings. The van der Waals surface area contributed by atoms with Crippen LogP contribution in [0.25, 0.3) is 0 Å². The van der Waals surface area contributed by atoms with Crippen LogP contribution in [0.4, 0.5) is 0 Å². The van der Waals surface area contributed by atoms with Gasteiger partial charge in [0.1, 0.15) is 0 Å². The third kappa shape index (κ3) is 2.38. The Morgan fingerprint density at radius 1 is 1.20 bits per heavy atom. The van der Waals surface area contributed by atoms with Crippen LogP contribution in [-0.2, 0) is 0 Å². The molecule has 1 aromatic carbocycles. The van der Waals surface area contributed by atoms with Gasteiger partial charge in [0.05, 0.1) is 0 Å². The highest BCUT2D eigenvalue weighted by Crippen LogP contribution is 2.13. The molecule has 0 nitrogen and oxygen atoms in total. The molecule has 0 atom stereocenters. The Balaban J connectivity index is 0.000000810. The molecule has 2 heteroatoms. The highest BCUT2D eigenvalue weighted by atomic mass is 32.1. The van der Waals surface area contributed by atoms with Gasteiger partial charge in [-0.05, 0) is 25.5 Å². The Bertz CT molecular complexity index is 220. The van der Waals surface area contributed by atoms with Crippen molar-refractivity contribution in [3.05, 3.63) is 29.3 Å². The summed E-state index contributed by atoms with van der Waals surface area (Å²) in [5.41, 5.74) is 2.55. The first-order chi connectivity index (χ1) is 4.20. The molecule has 0 heterocycles. The van der Waals surface area contributed by atoms with E-state index >= 15 is 0 Å². The first-order valence-corrected chi connectivity index (χ1v) is 3.41. The van der Waals surface area contributed by atoms with E-state index in [-0.39, 0.29) is 17.4 Å². The SMILES string of the molecule is Cc1ccc(S)c(C)c1.[Al]. The molecule has 0 saturated heterocycles. The molecule has 0 fully saturated rings. The second kappa shape index (κ2) is 4.08. The summed E-state index contributed by atoms with van der Waals surface area (Å²) in [5, 5.41) is 0. The Labute approximate surface area is 78.2 Å². The molecule has 0 saturated carbocycles. The van der Waals surface area contributed by atoms with E-state index in [2.05, 4.69) is 38.6 Å². The fourth-order valence-electron chi connectivity index (χ4n) is 0.805. The summed E-state index contributed by atoms with van der Waals surface area (Å²) in [6, 6.07) is 6.21. The van der Waals surface area contributed by atoms with Crippen molar-refractivity contribution >= 4 is 30.0 Å². The molecule has 51 valence electrons. The second-order valence-corrected chi connectivity index (χ2v) is 2.77. The van der Waals surface area contributed by atoms with Crippen molar-refractivity contribution in [2.75, 3.05) is 0 Å². The topological polar surface area (TPSA) is 0 Å². The van der Waals surface area contributed by atoms with Crippen LogP contribution in [-0.4, -0.2) is 17.4 Å². The molecule has 0 bridgehead atoms. The predicted molar refractivity (Wildman–Crippen MR) is 48.9 cm³/mol. The first-order valence-electron chi connectivity index (χ1n) is 2.96. The number of rotatable bonds is 0. The molecule has 1 rings (SSSR count). The van der Waals surface area contributed by atoms with E-state index in [0.29, 0.717) is 0 Å². The molecule has 0 aromatic heterocycles. The lowest BCUT2D eigenvalue weighted by Gasteiger charge is -1.97. The fourth-order valence-corrected chi connectivity index (χ4v) is 0.944. The molecule has 0 unspecified atom stereocenters. The van der Waals surface area contributed by atoms with Gasteiger partial charge in [-0.15, -0.1) is 12.6 Å². The minimum Gasteiger partial charge on any atom is -0.143 e. The monoisotopic (exact) mass is 165 g/mol. The lowest BCUT2D eigenvalue weighted by Crippen LogP contribution is -1.76. The van der Waals surface area contributed by atoms with Gasteiger partial charge in [0.2, 0.25) is 0 Å². The number of aryl methyl sites for hydroxylation is 2. The predicted octanol–water partition coefficient (Wildman–Crippen LogP) is 2.21. The van der Waals surface area contributed by atoms with Crippen LogP contribution in [0.3, 0.4) is 0 Å². The third-order valence-electron chi connectivity index (χ3n) is 1.35. The molecule has 0 aliphatic heterocycles. The fraction of sp³-hybridized carbons (Fsp3) is 0.250. The Kier molecular flexibility index (Phi) is 4.12. The van der Waals surface area contributed by atoms with E-state index < -0.39 is 0 Å². The van der Waals surface area contributed by atoms with Gasteiger partial charge in [0.25, 0.3) is 0 Å². The van der Waals surface area contributed by atoms with E-state index in [1.54, 1.807) is 0 Å². The maximum absolute atomic E-state index is 4.25. The van der Waals surface area contributed by atoms with Crippen LogP contribution < -0.4 is 0 Å². The highest BCUT2D eigenvalue weighted by Gasteiger charge is 1.89. The highest BCUT2D eigenvalue weighted by molar-refractivity contribution is 7.80. The molecule has 0 aliphatic carbocycles. The molecular formula is C8H10AlS. The maximum Gasteiger partial charge on any atom is 0.00694 e. The summed E-state index contributed by atoms with van der Waals surface area (Å²) in [4.78, 5) is 1.07. The van der Waals surface area contributed by atoms with Gasteiger partial charge in [-0.1, -0.05) is 17.7 Å². The van der Waals surface area contributed by atoms with Crippen molar-refractivity contribution in [2.24, 2.45) is 0 Å². The summed E-state index contributed by atoms with van der Waals surface area (Å²) >= 11 is 4.25. The smallest absolute Gasteiger partial charge is 0.00694 e. The van der Waals surface area contributed by atoms with Gasteiger partial charge in [-0.3, -0.25) is 0 Å². The molecule has 0 N–H and O–H groups in total. The average Bonchev–Trinajstić information content (AvgIpc) is 1.80. The summed E-state index contributed by atoms with van der Waals surface area (Å²) in [6.07, 6.45) is 0. The van der Waals surface area contributed by atoms with Crippen molar-refractivity contribution in [3.8, 4) is 0 Å². The number of thiol groups is 1. The summed E-state index contributed by atoms with van der Waals surface area (Å²) in [7, 11) is 0. The van der Waals surface area contributed by atoms with E-state index in [0.717, 1.165) is 4.90 Å². The zero-order valence-corrected chi connectivity index (χ0v) is 8.31. The number of hydrogen-bond acceptors (Lipinski definition) is 1. The lowest BCUT2D eigenvalue weighted by molar-refractivity contribution is 1.27. The zero-order chi connectivity index (χ0) is 6.85. The third-order valence-corrected chi connectivity index (χ3v) is 1.85. The van der Waals surface area contributed by atoms with Crippen LogP contribution in [0.5, 0.6) is 0 Å². The summed E-state index contributed by atoms with van der Waals surface area (Å²) in [6.45, 7) is 4.15. The van der Waals surface area contributed by atoms with Crippen molar-refractivity contribution in [1.29, 1.82) is 0 Å². The van der Waals surface area contributed by atoms with Crippen molar-refractivity contribution in [2.45, 2.75) is 18.7 Å². The van der Waals surface area contributed by atoms with Gasteiger partial charge in [0, 0.05) is 22.3 Å². The first kappa shape index (κ1) is 10.1. The van der Waals surface area contributed by atoms with E-state index in [1.165, 1.54) is 11.1 Å². The summed E-state index contributed by atoms with van der Waals surface area (Å²) in [5.74, 6) is 0. The second-order valence-electron chi connectivity index (χ2n) is 2.29. The largest absolute Gasteiger partial charge is 0.143 e. The number of benzene rings is 1. The molecule has 0 amide bonds. The van der Waals surface area contributed by atoms with Crippen LogP contribution in [0, 0.1) is 13.8 Å². The van der Waals surface area contributed by atoms with E-state index in [9.17, 15) is 0 Å². The van der Waals surface area contributed by atoms with Gasteiger partial charge < -0.3 is 0 Å². The molecular weight excluding hydrogens is 155 g/mol. The average molecular weight is 165 g/mol. The minimum absolute atomic E-state index is 0. The van der Waals surface area contributed by atoms with Gasteiger partial charge in [0.15, 0.2) is 0 Å². The molecule has 1 aromatic rings. The van der Waals surface area contributed by atoms with E-state index in [1.807, 2.05) is 6.07 Å². The maximum atomic E-state index is 4.25. The molecule has 3 radical (unpaired) electrons. The van der Waals surface area contributed by atoms with Crippen LogP contribution in [0.1, 0.15) is 11.1 Å². The van der Waals surface area contributed by atoms with Crippen LogP contribution >= 0.6 is 12.6 Å². The quantitative estimate of drug-likeness (QED) is 0.442. The van der Waals surface area contributed by atoms with Crippen LogP contribution in [0.2, 0.25) is 0 Å². The Hall–Kier alpha value is 0.102. The van der Waals surface area contributed by atoms with Crippen molar-refractivity contribution in [1.82, 2.24) is 0 Å². The Morgan fingerprint density at radius 2 is 1.80 bits per heavy atom.